The van der Waals surface area contributed by atoms with Crippen molar-refractivity contribution >= 4 is 0 Å². The molecule has 6 nitrogen and oxygen atoms in total. The predicted octanol–water partition coefficient (Wildman–Crippen LogP) is 0.0627. The highest BCUT2D eigenvalue weighted by Gasteiger charge is 2.48. The van der Waals surface area contributed by atoms with Gasteiger partial charge in [-0.05, 0) is 0 Å². The van der Waals surface area contributed by atoms with E-state index >= 15 is 0 Å². The van der Waals surface area contributed by atoms with Gasteiger partial charge in [-0.2, -0.15) is 0 Å². The van der Waals surface area contributed by atoms with E-state index in [-0.39, 0.29) is 33.0 Å². The maximum atomic E-state index is 5.88. The molecule has 0 radical (unpaired) electrons. The van der Waals surface area contributed by atoms with Gasteiger partial charge in [-0.1, -0.05) is 23.7 Å². The van der Waals surface area contributed by atoms with Crippen molar-refractivity contribution in [2.75, 3.05) is 40.1 Å². The molecule has 0 bridgehead atoms. The van der Waals surface area contributed by atoms with Gasteiger partial charge in [0.1, 0.15) is 50.8 Å². The van der Waals surface area contributed by atoms with Crippen LogP contribution in [0.5, 0.6) is 0 Å². The van der Waals surface area contributed by atoms with Crippen molar-refractivity contribution in [2.45, 2.75) is 30.7 Å². The summed E-state index contributed by atoms with van der Waals surface area (Å²) >= 11 is 0. The molecule has 0 amide bonds. The van der Waals surface area contributed by atoms with Gasteiger partial charge in [0.25, 0.3) is 0 Å². The molecule has 0 spiro atoms. The van der Waals surface area contributed by atoms with Crippen LogP contribution in [0.3, 0.4) is 0 Å². The molecule has 25 heavy (non-hydrogen) atoms. The van der Waals surface area contributed by atoms with E-state index in [1.165, 1.54) is 7.11 Å². The standard InChI is InChI=1S/C19H22O6/c1-6-10-21-14-15-16(22-11-7-2)17(23-12-8-3)18(24-13-9-4)19(20-5)25-15/h1-4,15-19H,10-14H2,5H3/t15-,16+,17+,18-,19-/m1/s1. The Labute approximate surface area is 149 Å². The van der Waals surface area contributed by atoms with Crippen molar-refractivity contribution in [1.82, 2.24) is 0 Å². The fourth-order valence-corrected chi connectivity index (χ4v) is 2.44. The highest BCUT2D eigenvalue weighted by Crippen LogP contribution is 2.28. The van der Waals surface area contributed by atoms with E-state index in [2.05, 4.69) is 23.7 Å². The molecular formula is C19H22O6. The molecule has 1 aliphatic heterocycles. The van der Waals surface area contributed by atoms with Crippen LogP contribution in [0.2, 0.25) is 0 Å². The summed E-state index contributed by atoms with van der Waals surface area (Å²) in [6, 6.07) is 0. The number of methoxy groups -OCH3 is 1. The second-order valence-electron chi connectivity index (χ2n) is 4.94. The molecule has 0 aromatic rings. The molecule has 1 heterocycles. The van der Waals surface area contributed by atoms with Crippen LogP contribution >= 0.6 is 0 Å². The third-order valence-electron chi connectivity index (χ3n) is 3.37. The van der Waals surface area contributed by atoms with E-state index in [1.807, 2.05) is 0 Å². The first-order chi connectivity index (χ1) is 12.2. The summed E-state index contributed by atoms with van der Waals surface area (Å²) in [4.78, 5) is 0. The zero-order chi connectivity index (χ0) is 18.5. The average Bonchev–Trinajstić information content (AvgIpc) is 2.63. The summed E-state index contributed by atoms with van der Waals surface area (Å²) in [5.74, 6) is 9.61. The Morgan fingerprint density at radius 2 is 1.28 bits per heavy atom. The average molecular weight is 346 g/mol. The highest BCUT2D eigenvalue weighted by atomic mass is 16.7. The smallest absolute Gasteiger partial charge is 0.186 e. The lowest BCUT2D eigenvalue weighted by Crippen LogP contribution is -2.61. The van der Waals surface area contributed by atoms with Crippen molar-refractivity contribution in [2.24, 2.45) is 0 Å². The van der Waals surface area contributed by atoms with Crippen LogP contribution < -0.4 is 0 Å². The zero-order valence-corrected chi connectivity index (χ0v) is 14.2. The number of hydrogen-bond acceptors (Lipinski definition) is 6. The number of ether oxygens (including phenoxy) is 6. The third kappa shape index (κ3) is 6.43. The maximum absolute atomic E-state index is 5.88. The molecule has 0 saturated carbocycles. The van der Waals surface area contributed by atoms with E-state index in [1.54, 1.807) is 0 Å². The summed E-state index contributed by atoms with van der Waals surface area (Å²) < 4.78 is 33.7. The molecule has 0 aromatic heterocycles. The lowest BCUT2D eigenvalue weighted by Gasteiger charge is -2.44. The minimum absolute atomic E-state index is 0.0456. The van der Waals surface area contributed by atoms with Crippen LogP contribution in [0.25, 0.3) is 0 Å². The van der Waals surface area contributed by atoms with E-state index in [4.69, 9.17) is 54.1 Å². The summed E-state index contributed by atoms with van der Waals surface area (Å²) in [6.07, 6.45) is 17.9. The number of terminal acetylenes is 4. The number of hydrogen-bond donors (Lipinski definition) is 0. The Hall–Kier alpha value is -2.00. The normalized spacial score (nSPS) is 28.3. The molecule has 0 aromatic carbocycles. The van der Waals surface area contributed by atoms with Crippen LogP contribution in [-0.4, -0.2) is 70.9 Å². The molecule has 1 rings (SSSR count). The predicted molar refractivity (Wildman–Crippen MR) is 91.0 cm³/mol. The van der Waals surface area contributed by atoms with Gasteiger partial charge in [-0.15, -0.1) is 25.7 Å². The zero-order valence-electron chi connectivity index (χ0n) is 14.2. The second-order valence-corrected chi connectivity index (χ2v) is 4.94. The van der Waals surface area contributed by atoms with Crippen LogP contribution in [0.1, 0.15) is 0 Å². The van der Waals surface area contributed by atoms with Gasteiger partial charge in [0, 0.05) is 7.11 Å². The fourth-order valence-electron chi connectivity index (χ4n) is 2.44. The third-order valence-corrected chi connectivity index (χ3v) is 3.37. The first-order valence-corrected chi connectivity index (χ1v) is 7.58. The van der Waals surface area contributed by atoms with E-state index in [9.17, 15) is 0 Å². The van der Waals surface area contributed by atoms with Gasteiger partial charge in [0.15, 0.2) is 6.29 Å². The quantitative estimate of drug-likeness (QED) is 0.412. The van der Waals surface area contributed by atoms with E-state index in [0.717, 1.165) is 0 Å². The lowest BCUT2D eigenvalue weighted by molar-refractivity contribution is -0.313. The highest BCUT2D eigenvalue weighted by molar-refractivity contribution is 4.97. The van der Waals surface area contributed by atoms with Crippen molar-refractivity contribution in [3.05, 3.63) is 0 Å². The van der Waals surface area contributed by atoms with Crippen LogP contribution in [0.15, 0.2) is 0 Å². The summed E-state index contributed by atoms with van der Waals surface area (Å²) in [6.45, 7) is 0.438. The minimum Gasteiger partial charge on any atom is -0.366 e. The van der Waals surface area contributed by atoms with E-state index < -0.39 is 30.7 Å². The van der Waals surface area contributed by atoms with Crippen molar-refractivity contribution in [3.8, 4) is 49.4 Å². The molecule has 134 valence electrons. The van der Waals surface area contributed by atoms with Crippen molar-refractivity contribution < 1.29 is 28.4 Å². The lowest BCUT2D eigenvalue weighted by atomic mass is 9.98. The fraction of sp³-hybridized carbons (Fsp3) is 0.579. The molecule has 0 N–H and O–H groups in total. The first-order valence-electron chi connectivity index (χ1n) is 7.58. The van der Waals surface area contributed by atoms with Gasteiger partial charge in [0.2, 0.25) is 0 Å². The van der Waals surface area contributed by atoms with Crippen LogP contribution in [0, 0.1) is 49.4 Å². The Morgan fingerprint density at radius 1 is 0.760 bits per heavy atom. The van der Waals surface area contributed by atoms with Crippen LogP contribution in [-0.2, 0) is 28.4 Å². The Bertz CT molecular complexity index is 546. The SMILES string of the molecule is C#CCOC[C@H]1O[C@@H](OC)[C@H](OCC#C)[C@@H](OCC#C)[C@H]1OCC#C. The summed E-state index contributed by atoms with van der Waals surface area (Å²) in [7, 11) is 1.48. The van der Waals surface area contributed by atoms with Crippen LogP contribution in [0.4, 0.5) is 0 Å². The van der Waals surface area contributed by atoms with Gasteiger partial charge < -0.3 is 28.4 Å². The summed E-state index contributed by atoms with van der Waals surface area (Å²) in [5.41, 5.74) is 0. The monoisotopic (exact) mass is 346 g/mol. The minimum atomic E-state index is -0.749. The van der Waals surface area contributed by atoms with E-state index in [0.29, 0.717) is 0 Å². The maximum Gasteiger partial charge on any atom is 0.186 e. The molecule has 0 unspecified atom stereocenters. The molecule has 0 aliphatic carbocycles. The molecule has 1 saturated heterocycles. The first kappa shape index (κ1) is 21.0. The molecule has 1 fully saturated rings. The van der Waals surface area contributed by atoms with Crippen molar-refractivity contribution in [1.29, 1.82) is 0 Å². The second kappa shape index (κ2) is 12.4. The Kier molecular flexibility index (Phi) is 10.4. The van der Waals surface area contributed by atoms with Gasteiger partial charge in [-0.25, -0.2) is 0 Å². The van der Waals surface area contributed by atoms with Gasteiger partial charge in [-0.3, -0.25) is 0 Å². The molecule has 5 atom stereocenters. The Balaban J connectivity index is 3.02. The number of rotatable bonds is 10. The van der Waals surface area contributed by atoms with Gasteiger partial charge in [0.05, 0.1) is 6.61 Å². The molecule has 1 aliphatic rings. The largest absolute Gasteiger partial charge is 0.366 e. The Morgan fingerprint density at radius 3 is 1.80 bits per heavy atom. The topological polar surface area (TPSA) is 55.4 Å². The summed E-state index contributed by atoms with van der Waals surface area (Å²) in [5, 5.41) is 0. The molecular weight excluding hydrogens is 324 g/mol. The molecule has 6 heteroatoms. The van der Waals surface area contributed by atoms with Gasteiger partial charge >= 0.3 is 0 Å². The van der Waals surface area contributed by atoms with Crippen molar-refractivity contribution in [3.63, 3.8) is 0 Å².